The van der Waals surface area contributed by atoms with Gasteiger partial charge in [-0.2, -0.15) is 0 Å². The second kappa shape index (κ2) is 8.67. The van der Waals surface area contributed by atoms with Gasteiger partial charge in [-0.25, -0.2) is 4.79 Å². The molecule has 1 unspecified atom stereocenters. The van der Waals surface area contributed by atoms with Crippen molar-refractivity contribution in [3.05, 3.63) is 58.1 Å². The lowest BCUT2D eigenvalue weighted by molar-refractivity contribution is -0.122. The number of nitrogens with one attached hydrogen (secondary N) is 1. The van der Waals surface area contributed by atoms with Gasteiger partial charge >= 0.3 is 5.97 Å². The van der Waals surface area contributed by atoms with Crippen LogP contribution in [0.25, 0.3) is 0 Å². The quantitative estimate of drug-likeness (QED) is 0.725. The van der Waals surface area contributed by atoms with E-state index in [0.29, 0.717) is 23.6 Å². The molecule has 5 nitrogen and oxygen atoms in total. The highest BCUT2D eigenvalue weighted by Crippen LogP contribution is 2.20. The summed E-state index contributed by atoms with van der Waals surface area (Å²) in [5, 5.41) is 2.81. The van der Waals surface area contributed by atoms with Gasteiger partial charge in [-0.05, 0) is 68.8 Å². The maximum Gasteiger partial charge on any atom is 0.338 e. The number of ether oxygens (including phenoxy) is 2. The van der Waals surface area contributed by atoms with E-state index in [2.05, 4.69) is 21.2 Å². The first-order valence-corrected chi connectivity index (χ1v) is 8.71. The Morgan fingerprint density at radius 3 is 2.44 bits per heavy atom. The molecule has 2 aromatic carbocycles. The van der Waals surface area contributed by atoms with Crippen molar-refractivity contribution in [1.29, 1.82) is 0 Å². The number of anilines is 1. The van der Waals surface area contributed by atoms with Crippen molar-refractivity contribution in [2.75, 3.05) is 11.9 Å². The van der Waals surface area contributed by atoms with Crippen molar-refractivity contribution >= 4 is 33.5 Å². The van der Waals surface area contributed by atoms with Gasteiger partial charge in [0.2, 0.25) is 0 Å². The van der Waals surface area contributed by atoms with Crippen molar-refractivity contribution in [3.63, 3.8) is 0 Å². The fraction of sp³-hybridized carbons (Fsp3) is 0.263. The van der Waals surface area contributed by atoms with Gasteiger partial charge in [-0.15, -0.1) is 0 Å². The van der Waals surface area contributed by atoms with E-state index in [1.165, 1.54) is 0 Å². The van der Waals surface area contributed by atoms with Gasteiger partial charge < -0.3 is 14.8 Å². The Morgan fingerprint density at radius 1 is 1.16 bits per heavy atom. The van der Waals surface area contributed by atoms with Crippen LogP contribution in [0.1, 0.15) is 29.8 Å². The van der Waals surface area contributed by atoms with Crippen molar-refractivity contribution in [3.8, 4) is 5.75 Å². The number of carbonyl (C=O) groups is 2. The van der Waals surface area contributed by atoms with E-state index in [0.717, 1.165) is 10.0 Å². The molecule has 0 aliphatic heterocycles. The molecular weight excluding hydrogens is 386 g/mol. The number of aryl methyl sites for hydroxylation is 1. The van der Waals surface area contributed by atoms with Gasteiger partial charge in [0.15, 0.2) is 6.10 Å². The van der Waals surface area contributed by atoms with Crippen LogP contribution >= 0.6 is 15.9 Å². The number of hydrogen-bond donors (Lipinski definition) is 1. The van der Waals surface area contributed by atoms with Crippen molar-refractivity contribution in [1.82, 2.24) is 0 Å². The number of amides is 1. The van der Waals surface area contributed by atoms with Crippen molar-refractivity contribution < 1.29 is 19.1 Å². The monoisotopic (exact) mass is 405 g/mol. The fourth-order valence-corrected chi connectivity index (χ4v) is 2.41. The molecule has 0 saturated heterocycles. The summed E-state index contributed by atoms with van der Waals surface area (Å²) in [5.74, 6) is -0.0365. The standard InChI is InChI=1S/C19H20BrNO4/c1-4-24-19(23)14-5-10-17(12(2)11-14)21-18(22)13(3)25-16-8-6-15(20)7-9-16/h5-11,13H,4H2,1-3H3,(H,21,22). The zero-order chi connectivity index (χ0) is 18.4. The lowest BCUT2D eigenvalue weighted by atomic mass is 10.1. The molecule has 1 atom stereocenters. The Labute approximate surface area is 155 Å². The summed E-state index contributed by atoms with van der Waals surface area (Å²) < 4.78 is 11.5. The molecule has 0 saturated carbocycles. The van der Waals surface area contributed by atoms with Crippen LogP contribution in [0.4, 0.5) is 5.69 Å². The summed E-state index contributed by atoms with van der Waals surface area (Å²) >= 11 is 3.35. The maximum atomic E-state index is 12.3. The molecule has 1 amide bonds. The highest BCUT2D eigenvalue weighted by atomic mass is 79.9. The fourth-order valence-electron chi connectivity index (χ4n) is 2.15. The molecule has 1 N–H and O–H groups in total. The number of hydrogen-bond acceptors (Lipinski definition) is 4. The zero-order valence-electron chi connectivity index (χ0n) is 14.3. The van der Waals surface area contributed by atoms with Gasteiger partial charge in [0.25, 0.3) is 5.91 Å². The number of rotatable bonds is 6. The van der Waals surface area contributed by atoms with Crippen LogP contribution in [0.15, 0.2) is 46.9 Å². The lowest BCUT2D eigenvalue weighted by Gasteiger charge is -2.16. The third kappa shape index (κ3) is 5.32. The number of carbonyl (C=O) groups excluding carboxylic acids is 2. The van der Waals surface area contributed by atoms with Crippen LogP contribution in [0.3, 0.4) is 0 Å². The van der Waals surface area contributed by atoms with Gasteiger partial charge in [-0.3, -0.25) is 4.79 Å². The van der Waals surface area contributed by atoms with Crippen molar-refractivity contribution in [2.24, 2.45) is 0 Å². The van der Waals surface area contributed by atoms with Crippen LogP contribution in [-0.2, 0) is 9.53 Å². The molecule has 6 heteroatoms. The average molecular weight is 406 g/mol. The van der Waals surface area contributed by atoms with E-state index in [-0.39, 0.29) is 11.9 Å². The SMILES string of the molecule is CCOC(=O)c1ccc(NC(=O)C(C)Oc2ccc(Br)cc2)c(C)c1. The van der Waals surface area contributed by atoms with Crippen LogP contribution in [0.2, 0.25) is 0 Å². The molecule has 2 aromatic rings. The van der Waals surface area contributed by atoms with Gasteiger partial charge in [0.05, 0.1) is 12.2 Å². The molecule has 0 heterocycles. The molecule has 2 rings (SSSR count). The molecule has 0 fully saturated rings. The molecule has 0 aromatic heterocycles. The van der Waals surface area contributed by atoms with Crippen LogP contribution in [0, 0.1) is 6.92 Å². The lowest BCUT2D eigenvalue weighted by Crippen LogP contribution is -2.30. The Morgan fingerprint density at radius 2 is 1.84 bits per heavy atom. The molecule has 0 radical (unpaired) electrons. The highest BCUT2D eigenvalue weighted by molar-refractivity contribution is 9.10. The highest BCUT2D eigenvalue weighted by Gasteiger charge is 2.16. The predicted molar refractivity (Wildman–Crippen MR) is 100.0 cm³/mol. The third-order valence-electron chi connectivity index (χ3n) is 3.49. The van der Waals surface area contributed by atoms with Crippen molar-refractivity contribution in [2.45, 2.75) is 26.9 Å². The number of halogens is 1. The van der Waals surface area contributed by atoms with Crippen LogP contribution < -0.4 is 10.1 Å². The smallest absolute Gasteiger partial charge is 0.338 e. The number of esters is 1. The Kier molecular flexibility index (Phi) is 6.58. The van der Waals surface area contributed by atoms with Gasteiger partial charge in [0, 0.05) is 10.2 Å². The summed E-state index contributed by atoms with van der Waals surface area (Å²) in [6, 6.07) is 12.3. The normalized spacial score (nSPS) is 11.5. The molecule has 0 bridgehead atoms. The predicted octanol–water partition coefficient (Wildman–Crippen LogP) is 4.34. The third-order valence-corrected chi connectivity index (χ3v) is 4.02. The van der Waals surface area contributed by atoms with E-state index < -0.39 is 6.10 Å². The first-order valence-electron chi connectivity index (χ1n) is 7.91. The Hall–Kier alpha value is -2.34. The molecule has 0 aliphatic carbocycles. The van der Waals surface area contributed by atoms with Crippen LogP contribution in [-0.4, -0.2) is 24.6 Å². The second-order valence-corrected chi connectivity index (χ2v) is 6.37. The summed E-state index contributed by atoms with van der Waals surface area (Å²) in [7, 11) is 0. The molecule has 132 valence electrons. The average Bonchev–Trinajstić information content (AvgIpc) is 2.58. The Bertz CT molecular complexity index is 759. The first kappa shape index (κ1) is 19.0. The van der Waals surface area contributed by atoms with Crippen LogP contribution in [0.5, 0.6) is 5.75 Å². The van der Waals surface area contributed by atoms with E-state index in [9.17, 15) is 9.59 Å². The van der Waals surface area contributed by atoms with E-state index >= 15 is 0 Å². The Balaban J connectivity index is 2.01. The maximum absolute atomic E-state index is 12.3. The van der Waals surface area contributed by atoms with E-state index in [4.69, 9.17) is 9.47 Å². The summed E-state index contributed by atoms with van der Waals surface area (Å²) in [5.41, 5.74) is 1.86. The topological polar surface area (TPSA) is 64.6 Å². The second-order valence-electron chi connectivity index (χ2n) is 5.45. The summed E-state index contributed by atoms with van der Waals surface area (Å²) in [6.45, 7) is 5.58. The summed E-state index contributed by atoms with van der Waals surface area (Å²) in [4.78, 5) is 24.1. The minimum atomic E-state index is -0.662. The molecule has 0 aliphatic rings. The molecular formula is C19H20BrNO4. The van der Waals surface area contributed by atoms with E-state index in [1.807, 2.05) is 19.1 Å². The molecule has 0 spiro atoms. The van der Waals surface area contributed by atoms with E-state index in [1.54, 1.807) is 44.2 Å². The van der Waals surface area contributed by atoms with Gasteiger partial charge in [-0.1, -0.05) is 15.9 Å². The number of benzene rings is 2. The minimum Gasteiger partial charge on any atom is -0.481 e. The van der Waals surface area contributed by atoms with Gasteiger partial charge in [0.1, 0.15) is 5.75 Å². The zero-order valence-corrected chi connectivity index (χ0v) is 15.9. The summed E-state index contributed by atoms with van der Waals surface area (Å²) in [6.07, 6.45) is -0.662. The minimum absolute atomic E-state index is 0.269. The first-order chi connectivity index (χ1) is 11.9. The molecule has 25 heavy (non-hydrogen) atoms. The largest absolute Gasteiger partial charge is 0.481 e.